The van der Waals surface area contributed by atoms with E-state index in [1.54, 1.807) is 6.21 Å². The summed E-state index contributed by atoms with van der Waals surface area (Å²) >= 11 is 4.79. The van der Waals surface area contributed by atoms with Crippen molar-refractivity contribution in [2.45, 2.75) is 18.6 Å². The second kappa shape index (κ2) is 8.31. The molecule has 3 aromatic rings. The van der Waals surface area contributed by atoms with E-state index in [1.165, 1.54) is 11.8 Å². The highest BCUT2D eigenvalue weighted by molar-refractivity contribution is 9.10. The van der Waals surface area contributed by atoms with Gasteiger partial charge in [0, 0.05) is 11.0 Å². The van der Waals surface area contributed by atoms with E-state index in [2.05, 4.69) is 42.9 Å². The third kappa shape index (κ3) is 4.49. The molecule has 1 heterocycles. The molecule has 0 aliphatic rings. The van der Waals surface area contributed by atoms with Gasteiger partial charge in [0.2, 0.25) is 0 Å². The molecule has 0 bridgehead atoms. The third-order valence-corrected chi connectivity index (χ3v) is 5.05. The van der Waals surface area contributed by atoms with Crippen LogP contribution in [0.3, 0.4) is 0 Å². The topological polar surface area (TPSA) is 59.3 Å². The quantitative estimate of drug-likeness (QED) is 0.374. The van der Waals surface area contributed by atoms with Gasteiger partial charge in [0.15, 0.2) is 5.16 Å². The Balaban J connectivity index is 1.58. The normalized spacial score (nSPS) is 11.3. The Kier molecular flexibility index (Phi) is 5.88. The van der Waals surface area contributed by atoms with Crippen molar-refractivity contribution in [2.24, 2.45) is 5.10 Å². The van der Waals surface area contributed by atoms with Gasteiger partial charge in [-0.1, -0.05) is 52.0 Å². The molecule has 0 saturated heterocycles. The molecule has 1 amide bonds. The second-order valence-corrected chi connectivity index (χ2v) is 7.12. The SMILES string of the molecule is CCn1c(SCC(=O)N/N=C\c2ccc(Br)cc2)nc2ccccc21. The first-order valence-electron chi connectivity index (χ1n) is 7.83. The zero-order chi connectivity index (χ0) is 17.6. The standard InChI is InChI=1S/C18H17BrN4OS/c1-2-23-16-6-4-3-5-15(16)21-18(23)25-12-17(24)22-20-11-13-7-9-14(19)10-8-13/h3-11H,2,12H2,1H3,(H,22,24)/b20-11-. The maximum absolute atomic E-state index is 12.0. The van der Waals surface area contributed by atoms with Crippen LogP contribution in [0, 0.1) is 0 Å². The van der Waals surface area contributed by atoms with E-state index in [-0.39, 0.29) is 11.7 Å². The highest BCUT2D eigenvalue weighted by Crippen LogP contribution is 2.23. The molecule has 0 spiro atoms. The minimum absolute atomic E-state index is 0.159. The predicted molar refractivity (Wildman–Crippen MR) is 106 cm³/mol. The van der Waals surface area contributed by atoms with Crippen LogP contribution in [0.2, 0.25) is 0 Å². The zero-order valence-corrected chi connectivity index (χ0v) is 16.0. The maximum Gasteiger partial charge on any atom is 0.250 e. The summed E-state index contributed by atoms with van der Waals surface area (Å²) in [5, 5.41) is 4.83. The third-order valence-electron chi connectivity index (χ3n) is 3.54. The number of hydrazone groups is 1. The first kappa shape index (κ1) is 17.7. The molecule has 0 saturated carbocycles. The van der Waals surface area contributed by atoms with Gasteiger partial charge in [0.05, 0.1) is 23.0 Å². The summed E-state index contributed by atoms with van der Waals surface area (Å²) in [6.07, 6.45) is 1.62. The molecule has 25 heavy (non-hydrogen) atoms. The molecular formula is C18H17BrN4OS. The molecule has 3 rings (SSSR count). The molecule has 128 valence electrons. The van der Waals surface area contributed by atoms with E-state index in [0.29, 0.717) is 0 Å². The summed E-state index contributed by atoms with van der Waals surface area (Å²) in [5.74, 6) is 0.106. The van der Waals surface area contributed by atoms with Crippen molar-refractivity contribution in [3.63, 3.8) is 0 Å². The van der Waals surface area contributed by atoms with Crippen molar-refractivity contribution < 1.29 is 4.79 Å². The predicted octanol–water partition coefficient (Wildman–Crippen LogP) is 4.06. The first-order valence-corrected chi connectivity index (χ1v) is 9.61. The van der Waals surface area contributed by atoms with Gasteiger partial charge in [-0.05, 0) is 36.8 Å². The number of thioether (sulfide) groups is 1. The summed E-state index contributed by atoms with van der Waals surface area (Å²) < 4.78 is 3.11. The summed E-state index contributed by atoms with van der Waals surface area (Å²) in [7, 11) is 0. The number of carbonyl (C=O) groups excluding carboxylic acids is 1. The monoisotopic (exact) mass is 416 g/mol. The lowest BCUT2D eigenvalue weighted by Gasteiger charge is -2.04. The highest BCUT2D eigenvalue weighted by Gasteiger charge is 2.11. The molecule has 0 unspecified atom stereocenters. The molecular weight excluding hydrogens is 400 g/mol. The molecule has 0 aliphatic carbocycles. The smallest absolute Gasteiger partial charge is 0.250 e. The number of benzene rings is 2. The van der Waals surface area contributed by atoms with Crippen LogP contribution in [-0.2, 0) is 11.3 Å². The van der Waals surface area contributed by atoms with E-state index >= 15 is 0 Å². The number of para-hydroxylation sites is 2. The van der Waals surface area contributed by atoms with E-state index in [9.17, 15) is 4.79 Å². The van der Waals surface area contributed by atoms with Crippen LogP contribution < -0.4 is 5.43 Å². The van der Waals surface area contributed by atoms with E-state index in [4.69, 9.17) is 0 Å². The summed E-state index contributed by atoms with van der Waals surface area (Å²) in [6.45, 7) is 2.88. The van der Waals surface area contributed by atoms with Crippen LogP contribution in [0.4, 0.5) is 0 Å². The molecule has 5 nitrogen and oxygen atoms in total. The average molecular weight is 417 g/mol. The van der Waals surface area contributed by atoms with Crippen molar-refractivity contribution in [2.75, 3.05) is 5.75 Å². The van der Waals surface area contributed by atoms with Crippen LogP contribution in [0.25, 0.3) is 11.0 Å². The van der Waals surface area contributed by atoms with E-state index in [0.717, 1.165) is 32.8 Å². The fourth-order valence-electron chi connectivity index (χ4n) is 2.36. The molecule has 0 atom stereocenters. The van der Waals surface area contributed by atoms with Crippen molar-refractivity contribution in [1.82, 2.24) is 15.0 Å². The van der Waals surface area contributed by atoms with E-state index < -0.39 is 0 Å². The van der Waals surface area contributed by atoms with Gasteiger partial charge in [-0.25, -0.2) is 10.4 Å². The van der Waals surface area contributed by atoms with Crippen LogP contribution >= 0.6 is 27.7 Å². The maximum atomic E-state index is 12.0. The molecule has 1 aromatic heterocycles. The number of amides is 1. The van der Waals surface area contributed by atoms with Gasteiger partial charge >= 0.3 is 0 Å². The molecule has 1 N–H and O–H groups in total. The Morgan fingerprint density at radius 3 is 2.80 bits per heavy atom. The number of halogens is 1. The van der Waals surface area contributed by atoms with Crippen LogP contribution in [0.5, 0.6) is 0 Å². The molecule has 7 heteroatoms. The number of hydrogen-bond acceptors (Lipinski definition) is 4. The Hall–Kier alpha value is -2.12. The lowest BCUT2D eigenvalue weighted by molar-refractivity contribution is -0.118. The number of aromatic nitrogens is 2. The molecule has 0 aliphatic heterocycles. The Morgan fingerprint density at radius 1 is 1.28 bits per heavy atom. The van der Waals surface area contributed by atoms with Gasteiger partial charge in [-0.3, -0.25) is 4.79 Å². The van der Waals surface area contributed by atoms with Crippen molar-refractivity contribution in [1.29, 1.82) is 0 Å². The number of carbonyl (C=O) groups is 1. The molecule has 0 radical (unpaired) electrons. The van der Waals surface area contributed by atoms with Gasteiger partial charge in [0.1, 0.15) is 0 Å². The number of hydrogen-bond donors (Lipinski definition) is 1. The van der Waals surface area contributed by atoms with Crippen molar-refractivity contribution in [3.05, 3.63) is 58.6 Å². The van der Waals surface area contributed by atoms with Gasteiger partial charge in [-0.15, -0.1) is 0 Å². The summed E-state index contributed by atoms with van der Waals surface area (Å²) in [6, 6.07) is 15.7. The van der Waals surface area contributed by atoms with E-state index in [1.807, 2.05) is 48.5 Å². The summed E-state index contributed by atoms with van der Waals surface area (Å²) in [4.78, 5) is 16.6. The molecule has 2 aromatic carbocycles. The van der Waals surface area contributed by atoms with Gasteiger partial charge < -0.3 is 4.57 Å². The van der Waals surface area contributed by atoms with Crippen LogP contribution in [-0.4, -0.2) is 27.4 Å². The lowest BCUT2D eigenvalue weighted by Crippen LogP contribution is -2.20. The van der Waals surface area contributed by atoms with Gasteiger partial charge in [0.25, 0.3) is 5.91 Å². The second-order valence-electron chi connectivity index (χ2n) is 5.26. The Bertz CT molecular complexity index is 905. The van der Waals surface area contributed by atoms with Gasteiger partial charge in [-0.2, -0.15) is 5.10 Å². The fraction of sp³-hybridized carbons (Fsp3) is 0.167. The fourth-order valence-corrected chi connectivity index (χ4v) is 3.49. The Labute approximate surface area is 158 Å². The number of rotatable bonds is 6. The summed E-state index contributed by atoms with van der Waals surface area (Å²) in [5.41, 5.74) is 5.50. The number of nitrogens with zero attached hydrogens (tertiary/aromatic N) is 3. The zero-order valence-electron chi connectivity index (χ0n) is 13.6. The Morgan fingerprint density at radius 2 is 2.04 bits per heavy atom. The number of aryl methyl sites for hydroxylation is 1. The van der Waals surface area contributed by atoms with Crippen molar-refractivity contribution in [3.8, 4) is 0 Å². The number of fused-ring (bicyclic) bond motifs is 1. The highest BCUT2D eigenvalue weighted by atomic mass is 79.9. The van der Waals surface area contributed by atoms with Crippen LogP contribution in [0.1, 0.15) is 12.5 Å². The largest absolute Gasteiger partial charge is 0.319 e. The molecule has 0 fully saturated rings. The first-order chi connectivity index (χ1) is 12.2. The minimum atomic E-state index is -0.159. The minimum Gasteiger partial charge on any atom is -0.319 e. The van der Waals surface area contributed by atoms with Crippen molar-refractivity contribution >= 4 is 50.8 Å². The number of nitrogens with one attached hydrogen (secondary N) is 1. The average Bonchev–Trinajstić information content (AvgIpc) is 2.99. The lowest BCUT2D eigenvalue weighted by atomic mass is 10.2. The number of imidazole rings is 1. The van der Waals surface area contributed by atoms with Crippen LogP contribution in [0.15, 0.2) is 63.3 Å².